The second kappa shape index (κ2) is 5.72. The fraction of sp³-hybridized carbons (Fsp3) is 0.917. The molecule has 0 unspecified atom stereocenters. The molecule has 0 aromatic carbocycles. The summed E-state index contributed by atoms with van der Waals surface area (Å²) in [5, 5.41) is 0. The van der Waals surface area contributed by atoms with Gasteiger partial charge in [-0.15, -0.1) is 0 Å². The van der Waals surface area contributed by atoms with Crippen LogP contribution in [0.1, 0.15) is 47.0 Å². The Morgan fingerprint density at radius 1 is 1.36 bits per heavy atom. The van der Waals surface area contributed by atoms with Gasteiger partial charge in [0.25, 0.3) is 0 Å². The Hall–Kier alpha value is -0.0800. The van der Waals surface area contributed by atoms with E-state index in [2.05, 4.69) is 44.2 Å². The van der Waals surface area contributed by atoms with E-state index in [9.17, 15) is 0 Å². The third-order valence-electron chi connectivity index (χ3n) is 2.89. The SMILES string of the molecule is CCCCN1[C]N(C(C)C)[C@@H](CC)C1. The summed E-state index contributed by atoms with van der Waals surface area (Å²) in [7, 11) is 0. The van der Waals surface area contributed by atoms with Crippen LogP contribution in [0.25, 0.3) is 0 Å². The lowest BCUT2D eigenvalue weighted by Crippen LogP contribution is -2.33. The fourth-order valence-corrected chi connectivity index (χ4v) is 1.98. The molecule has 0 saturated carbocycles. The van der Waals surface area contributed by atoms with Crippen molar-refractivity contribution in [3.8, 4) is 0 Å². The molecule has 1 saturated heterocycles. The minimum atomic E-state index is 0.589. The van der Waals surface area contributed by atoms with E-state index in [1.54, 1.807) is 0 Å². The highest BCUT2D eigenvalue weighted by Gasteiger charge is 2.31. The topological polar surface area (TPSA) is 6.48 Å². The lowest BCUT2D eigenvalue weighted by atomic mass is 10.2. The molecule has 1 atom stereocenters. The lowest BCUT2D eigenvalue weighted by molar-refractivity contribution is 0.229. The summed E-state index contributed by atoms with van der Waals surface area (Å²) < 4.78 is 0. The maximum atomic E-state index is 3.49. The second-order valence-electron chi connectivity index (χ2n) is 4.46. The van der Waals surface area contributed by atoms with E-state index in [0.29, 0.717) is 12.1 Å². The molecule has 0 spiro atoms. The molecule has 0 aromatic rings. The summed E-state index contributed by atoms with van der Waals surface area (Å²) >= 11 is 0. The summed E-state index contributed by atoms with van der Waals surface area (Å²) in [6, 6.07) is 1.28. The number of hydrogen-bond acceptors (Lipinski definition) is 2. The average molecular weight is 196 g/mol. The molecule has 1 aliphatic heterocycles. The van der Waals surface area contributed by atoms with Crippen LogP contribution >= 0.6 is 0 Å². The Bertz CT molecular complexity index is 156. The van der Waals surface area contributed by atoms with Crippen LogP contribution in [0.15, 0.2) is 0 Å². The van der Waals surface area contributed by atoms with Crippen molar-refractivity contribution < 1.29 is 0 Å². The van der Waals surface area contributed by atoms with Gasteiger partial charge in [0.15, 0.2) is 0 Å². The first-order valence-electron chi connectivity index (χ1n) is 5.98. The van der Waals surface area contributed by atoms with Gasteiger partial charge >= 0.3 is 0 Å². The predicted octanol–water partition coefficient (Wildman–Crippen LogP) is 2.59. The zero-order chi connectivity index (χ0) is 10.6. The van der Waals surface area contributed by atoms with Gasteiger partial charge in [0, 0.05) is 25.2 Å². The molecule has 2 heteroatoms. The molecule has 0 bridgehead atoms. The van der Waals surface area contributed by atoms with Crippen molar-refractivity contribution in [2.75, 3.05) is 13.1 Å². The highest BCUT2D eigenvalue weighted by Crippen LogP contribution is 2.22. The summed E-state index contributed by atoms with van der Waals surface area (Å²) in [5.41, 5.74) is 0. The lowest BCUT2D eigenvalue weighted by Gasteiger charge is -2.24. The Kier molecular flexibility index (Phi) is 4.90. The largest absolute Gasteiger partial charge is 0.278 e. The standard InChI is InChI=1S/C12H24N2/c1-5-7-8-13-9-12(6-2)14(10-13)11(3)4/h11-12H,5-9H2,1-4H3/t12-/m0/s1. The molecule has 0 aliphatic carbocycles. The summed E-state index contributed by atoms with van der Waals surface area (Å²) in [5.74, 6) is 0. The van der Waals surface area contributed by atoms with Crippen LogP contribution in [0.5, 0.6) is 0 Å². The van der Waals surface area contributed by atoms with Gasteiger partial charge in [-0.1, -0.05) is 20.3 Å². The van der Waals surface area contributed by atoms with Crippen molar-refractivity contribution in [1.29, 1.82) is 0 Å². The maximum absolute atomic E-state index is 3.49. The predicted molar refractivity (Wildman–Crippen MR) is 60.8 cm³/mol. The molecule has 0 aromatic heterocycles. The zero-order valence-electron chi connectivity index (χ0n) is 10.1. The van der Waals surface area contributed by atoms with Gasteiger partial charge in [0.1, 0.15) is 6.67 Å². The van der Waals surface area contributed by atoms with Gasteiger partial charge in [0.05, 0.1) is 0 Å². The van der Waals surface area contributed by atoms with Crippen LogP contribution in [-0.4, -0.2) is 35.0 Å². The van der Waals surface area contributed by atoms with E-state index in [4.69, 9.17) is 0 Å². The fourth-order valence-electron chi connectivity index (χ4n) is 1.98. The molecule has 1 fully saturated rings. The minimum absolute atomic E-state index is 0.589. The number of hydrogen-bond donors (Lipinski definition) is 0. The highest BCUT2D eigenvalue weighted by molar-refractivity contribution is 4.90. The average Bonchev–Trinajstić information content (AvgIpc) is 2.57. The first-order valence-corrected chi connectivity index (χ1v) is 5.98. The molecular weight excluding hydrogens is 172 g/mol. The zero-order valence-corrected chi connectivity index (χ0v) is 10.1. The molecule has 14 heavy (non-hydrogen) atoms. The van der Waals surface area contributed by atoms with Crippen LogP contribution in [0.2, 0.25) is 0 Å². The molecule has 1 rings (SSSR count). The monoisotopic (exact) mass is 196 g/mol. The van der Waals surface area contributed by atoms with E-state index in [-0.39, 0.29) is 0 Å². The van der Waals surface area contributed by atoms with Crippen LogP contribution in [0.4, 0.5) is 0 Å². The van der Waals surface area contributed by atoms with Crippen molar-refractivity contribution in [1.82, 2.24) is 9.80 Å². The van der Waals surface area contributed by atoms with Crippen LogP contribution in [0, 0.1) is 6.67 Å². The van der Waals surface area contributed by atoms with Gasteiger partial charge in [0.2, 0.25) is 0 Å². The van der Waals surface area contributed by atoms with Gasteiger partial charge in [-0.05, 0) is 26.7 Å². The molecule has 2 radical (unpaired) electrons. The molecule has 0 amide bonds. The summed E-state index contributed by atoms with van der Waals surface area (Å²) in [6.07, 6.45) is 3.79. The first-order chi connectivity index (χ1) is 6.69. The summed E-state index contributed by atoms with van der Waals surface area (Å²) in [6.45, 7) is 14.9. The Morgan fingerprint density at radius 3 is 2.50 bits per heavy atom. The smallest absolute Gasteiger partial charge is 0.147 e. The second-order valence-corrected chi connectivity index (χ2v) is 4.46. The number of rotatable bonds is 5. The highest BCUT2D eigenvalue weighted by atomic mass is 15.4. The van der Waals surface area contributed by atoms with E-state index < -0.39 is 0 Å². The normalized spacial score (nSPS) is 25.1. The Balaban J connectivity index is 2.39. The van der Waals surface area contributed by atoms with E-state index in [1.807, 2.05) is 0 Å². The molecule has 82 valence electrons. The summed E-state index contributed by atoms with van der Waals surface area (Å²) in [4.78, 5) is 4.74. The molecule has 2 nitrogen and oxygen atoms in total. The number of unbranched alkanes of at least 4 members (excludes halogenated alkanes) is 1. The van der Waals surface area contributed by atoms with Crippen molar-refractivity contribution in [3.05, 3.63) is 6.67 Å². The van der Waals surface area contributed by atoms with Crippen LogP contribution < -0.4 is 0 Å². The van der Waals surface area contributed by atoms with E-state index in [0.717, 1.165) is 0 Å². The number of nitrogens with zero attached hydrogens (tertiary/aromatic N) is 2. The molecule has 0 N–H and O–H groups in total. The van der Waals surface area contributed by atoms with Gasteiger partial charge in [-0.2, -0.15) is 0 Å². The Morgan fingerprint density at radius 2 is 2.07 bits per heavy atom. The third kappa shape index (κ3) is 2.96. The minimum Gasteiger partial charge on any atom is -0.278 e. The van der Waals surface area contributed by atoms with Gasteiger partial charge < -0.3 is 0 Å². The van der Waals surface area contributed by atoms with Crippen molar-refractivity contribution in [2.45, 2.75) is 59.0 Å². The van der Waals surface area contributed by atoms with Crippen molar-refractivity contribution in [2.24, 2.45) is 0 Å². The molecular formula is C12H24N2. The molecule has 1 heterocycles. The van der Waals surface area contributed by atoms with E-state index in [1.165, 1.54) is 32.4 Å². The quantitative estimate of drug-likeness (QED) is 0.667. The van der Waals surface area contributed by atoms with Crippen molar-refractivity contribution in [3.63, 3.8) is 0 Å². The van der Waals surface area contributed by atoms with Crippen LogP contribution in [-0.2, 0) is 0 Å². The third-order valence-corrected chi connectivity index (χ3v) is 2.89. The van der Waals surface area contributed by atoms with Crippen LogP contribution in [0.3, 0.4) is 0 Å². The first kappa shape index (κ1) is 12.0. The maximum Gasteiger partial charge on any atom is 0.147 e. The van der Waals surface area contributed by atoms with Gasteiger partial charge in [-0.25, -0.2) is 0 Å². The molecule has 1 aliphatic rings. The van der Waals surface area contributed by atoms with Crippen molar-refractivity contribution >= 4 is 0 Å². The van der Waals surface area contributed by atoms with Gasteiger partial charge in [-0.3, -0.25) is 9.80 Å². The Labute approximate surface area is 89.3 Å². The van der Waals surface area contributed by atoms with E-state index >= 15 is 0 Å².